The number of amides is 1. The molecule has 1 saturated carbocycles. The van der Waals surface area contributed by atoms with Crippen LogP contribution in [0.4, 0.5) is 5.69 Å². The first-order valence-corrected chi connectivity index (χ1v) is 9.74. The molecule has 0 saturated heterocycles. The van der Waals surface area contributed by atoms with Crippen LogP contribution in [0.2, 0.25) is 0 Å². The van der Waals surface area contributed by atoms with E-state index in [4.69, 9.17) is 5.26 Å². The Hall–Kier alpha value is -1.12. The molecule has 1 N–H and O–H groups in total. The van der Waals surface area contributed by atoms with Crippen molar-refractivity contribution < 1.29 is 4.79 Å². The number of carbonyl (C=O) groups excluding carboxylic acids is 1. The number of rotatable bonds is 6. The molecule has 1 aromatic rings. The van der Waals surface area contributed by atoms with Gasteiger partial charge in [0, 0.05) is 15.8 Å². The Labute approximate surface area is 141 Å². The Bertz CT molecular complexity index is 548. The summed E-state index contributed by atoms with van der Waals surface area (Å²) in [5, 5.41) is 12.1. The molecule has 5 heteroatoms. The Morgan fingerprint density at radius 1 is 1.36 bits per heavy atom. The fourth-order valence-electron chi connectivity index (χ4n) is 2.60. The SMILES string of the molecule is Cc1cc(SC2CCCCC2)ccc1NC(=O)CSCC#N. The summed E-state index contributed by atoms with van der Waals surface area (Å²) in [7, 11) is 0. The Morgan fingerprint density at radius 2 is 2.14 bits per heavy atom. The second-order valence-electron chi connectivity index (χ2n) is 5.55. The minimum Gasteiger partial charge on any atom is -0.325 e. The number of anilines is 1. The van der Waals surface area contributed by atoms with Gasteiger partial charge in [0.15, 0.2) is 0 Å². The highest BCUT2D eigenvalue weighted by Crippen LogP contribution is 2.34. The summed E-state index contributed by atoms with van der Waals surface area (Å²) < 4.78 is 0. The Kier molecular flexibility index (Phi) is 7.14. The predicted molar refractivity (Wildman–Crippen MR) is 95.5 cm³/mol. The van der Waals surface area contributed by atoms with Crippen LogP contribution in [-0.4, -0.2) is 22.7 Å². The van der Waals surface area contributed by atoms with Crippen LogP contribution in [0.1, 0.15) is 37.7 Å². The number of nitrogens with zero attached hydrogens (tertiary/aromatic N) is 1. The van der Waals surface area contributed by atoms with Gasteiger partial charge in [-0.15, -0.1) is 23.5 Å². The molecule has 0 spiro atoms. The summed E-state index contributed by atoms with van der Waals surface area (Å²) in [6.45, 7) is 2.03. The maximum Gasteiger partial charge on any atom is 0.234 e. The van der Waals surface area contributed by atoms with Gasteiger partial charge < -0.3 is 5.32 Å². The zero-order valence-electron chi connectivity index (χ0n) is 12.9. The summed E-state index contributed by atoms with van der Waals surface area (Å²) >= 11 is 3.31. The van der Waals surface area contributed by atoms with Crippen molar-refractivity contribution in [3.05, 3.63) is 23.8 Å². The zero-order valence-corrected chi connectivity index (χ0v) is 14.6. The number of hydrogen-bond acceptors (Lipinski definition) is 4. The van der Waals surface area contributed by atoms with Crippen molar-refractivity contribution >= 4 is 35.1 Å². The van der Waals surface area contributed by atoms with Gasteiger partial charge in [0.1, 0.15) is 0 Å². The van der Waals surface area contributed by atoms with E-state index in [0.29, 0.717) is 11.5 Å². The number of benzene rings is 1. The van der Waals surface area contributed by atoms with Crippen molar-refractivity contribution in [1.29, 1.82) is 5.26 Å². The van der Waals surface area contributed by atoms with Crippen LogP contribution < -0.4 is 5.32 Å². The van der Waals surface area contributed by atoms with Gasteiger partial charge in [-0.1, -0.05) is 19.3 Å². The molecule has 0 atom stereocenters. The van der Waals surface area contributed by atoms with E-state index < -0.39 is 0 Å². The van der Waals surface area contributed by atoms with Gasteiger partial charge in [0.25, 0.3) is 0 Å². The third kappa shape index (κ3) is 5.58. The highest BCUT2D eigenvalue weighted by molar-refractivity contribution is 8.00. The molecule has 1 amide bonds. The Morgan fingerprint density at radius 3 is 2.82 bits per heavy atom. The highest BCUT2D eigenvalue weighted by Gasteiger charge is 2.15. The Balaban J connectivity index is 1.88. The molecule has 0 heterocycles. The lowest BCUT2D eigenvalue weighted by Crippen LogP contribution is -2.15. The standard InChI is InChI=1S/C17H22N2OS2/c1-13-11-15(22-14-5-3-2-4-6-14)7-8-16(13)19-17(20)12-21-10-9-18/h7-8,11,14H,2-6,10,12H2,1H3,(H,19,20). The lowest BCUT2D eigenvalue weighted by atomic mass is 10.0. The summed E-state index contributed by atoms with van der Waals surface area (Å²) in [5.41, 5.74) is 1.97. The van der Waals surface area contributed by atoms with Gasteiger partial charge in [-0.05, 0) is 43.5 Å². The molecule has 1 aliphatic carbocycles. The molecule has 0 aliphatic heterocycles. The van der Waals surface area contributed by atoms with Crippen molar-refractivity contribution in [2.75, 3.05) is 16.8 Å². The van der Waals surface area contributed by atoms with E-state index in [0.717, 1.165) is 16.5 Å². The van der Waals surface area contributed by atoms with Crippen LogP contribution in [0, 0.1) is 18.3 Å². The van der Waals surface area contributed by atoms with E-state index in [1.165, 1.54) is 48.8 Å². The fourth-order valence-corrected chi connectivity index (χ4v) is 4.40. The monoisotopic (exact) mass is 334 g/mol. The van der Waals surface area contributed by atoms with Crippen molar-refractivity contribution in [2.24, 2.45) is 0 Å². The minimum atomic E-state index is -0.0453. The number of thioether (sulfide) groups is 2. The summed E-state index contributed by atoms with van der Waals surface area (Å²) in [6.07, 6.45) is 6.72. The third-order valence-corrected chi connectivity index (χ3v) is 5.86. The van der Waals surface area contributed by atoms with Gasteiger partial charge in [-0.25, -0.2) is 0 Å². The van der Waals surface area contributed by atoms with Gasteiger partial charge in [0.2, 0.25) is 5.91 Å². The van der Waals surface area contributed by atoms with Crippen molar-refractivity contribution in [3.63, 3.8) is 0 Å². The van der Waals surface area contributed by atoms with Crippen LogP contribution >= 0.6 is 23.5 Å². The lowest BCUT2D eigenvalue weighted by molar-refractivity contribution is -0.113. The molecule has 118 valence electrons. The smallest absolute Gasteiger partial charge is 0.234 e. The zero-order chi connectivity index (χ0) is 15.8. The second kappa shape index (κ2) is 9.12. The molecular formula is C17H22N2OS2. The summed E-state index contributed by atoms with van der Waals surface area (Å²) in [6, 6.07) is 8.28. The van der Waals surface area contributed by atoms with E-state index in [-0.39, 0.29) is 5.91 Å². The van der Waals surface area contributed by atoms with E-state index in [1.54, 1.807) is 0 Å². The number of nitriles is 1. The average molecular weight is 335 g/mol. The number of nitrogens with one attached hydrogen (secondary N) is 1. The van der Waals surface area contributed by atoms with Gasteiger partial charge in [-0.2, -0.15) is 5.26 Å². The highest BCUT2D eigenvalue weighted by atomic mass is 32.2. The van der Waals surface area contributed by atoms with Crippen LogP contribution in [-0.2, 0) is 4.79 Å². The van der Waals surface area contributed by atoms with Crippen molar-refractivity contribution in [3.8, 4) is 6.07 Å². The van der Waals surface area contributed by atoms with E-state index >= 15 is 0 Å². The van der Waals surface area contributed by atoms with Crippen molar-refractivity contribution in [1.82, 2.24) is 0 Å². The van der Waals surface area contributed by atoms with Gasteiger partial charge >= 0.3 is 0 Å². The molecule has 1 aromatic carbocycles. The maximum absolute atomic E-state index is 11.8. The predicted octanol–water partition coefficient (Wildman–Crippen LogP) is 4.62. The van der Waals surface area contributed by atoms with Crippen molar-refractivity contribution in [2.45, 2.75) is 49.2 Å². The first kappa shape index (κ1) is 17.2. The largest absolute Gasteiger partial charge is 0.325 e. The van der Waals surface area contributed by atoms with Crippen LogP contribution in [0.5, 0.6) is 0 Å². The molecule has 22 heavy (non-hydrogen) atoms. The molecule has 0 unspecified atom stereocenters. The maximum atomic E-state index is 11.8. The first-order valence-electron chi connectivity index (χ1n) is 7.71. The van der Waals surface area contributed by atoms with E-state index in [1.807, 2.05) is 30.8 Å². The molecule has 2 rings (SSSR count). The molecule has 3 nitrogen and oxygen atoms in total. The molecule has 0 bridgehead atoms. The topological polar surface area (TPSA) is 52.9 Å². The molecule has 1 fully saturated rings. The number of hydrogen-bond donors (Lipinski definition) is 1. The number of carbonyl (C=O) groups is 1. The van der Waals surface area contributed by atoms with Crippen LogP contribution in [0.15, 0.2) is 23.1 Å². The van der Waals surface area contributed by atoms with Crippen LogP contribution in [0.3, 0.4) is 0 Å². The third-order valence-electron chi connectivity index (χ3n) is 3.73. The summed E-state index contributed by atoms with van der Waals surface area (Å²) in [5.74, 6) is 0.630. The normalized spacial score (nSPS) is 15.3. The lowest BCUT2D eigenvalue weighted by Gasteiger charge is -2.21. The molecule has 0 aromatic heterocycles. The summed E-state index contributed by atoms with van der Waals surface area (Å²) in [4.78, 5) is 13.1. The minimum absolute atomic E-state index is 0.0453. The fraction of sp³-hybridized carbons (Fsp3) is 0.529. The average Bonchev–Trinajstić information content (AvgIpc) is 2.51. The van der Waals surface area contributed by atoms with E-state index in [2.05, 4.69) is 17.4 Å². The van der Waals surface area contributed by atoms with Gasteiger partial charge in [-0.3, -0.25) is 4.79 Å². The quantitative estimate of drug-likeness (QED) is 0.772. The number of aryl methyl sites for hydroxylation is 1. The molecule has 0 radical (unpaired) electrons. The second-order valence-corrected chi connectivity index (χ2v) is 7.91. The first-order chi connectivity index (χ1) is 10.7. The molecule has 1 aliphatic rings. The molecular weight excluding hydrogens is 312 g/mol. The van der Waals surface area contributed by atoms with E-state index in [9.17, 15) is 4.79 Å². The van der Waals surface area contributed by atoms with Gasteiger partial charge in [0.05, 0.1) is 17.6 Å². The van der Waals surface area contributed by atoms with Crippen LogP contribution in [0.25, 0.3) is 0 Å².